The Morgan fingerprint density at radius 2 is 1.95 bits per heavy atom. The van der Waals surface area contributed by atoms with E-state index in [0.717, 1.165) is 5.56 Å². The monoisotopic (exact) mass is 286 g/mol. The summed E-state index contributed by atoms with van der Waals surface area (Å²) in [6.07, 6.45) is 0. The lowest BCUT2D eigenvalue weighted by atomic mass is 10.1. The van der Waals surface area contributed by atoms with E-state index in [1.165, 1.54) is 20.1 Å². The maximum absolute atomic E-state index is 12.3. The number of anilines is 1. The van der Waals surface area contributed by atoms with E-state index < -0.39 is 22.0 Å². The lowest BCUT2D eigenvalue weighted by molar-refractivity contribution is -0.142. The minimum absolute atomic E-state index is 0.00301. The zero-order valence-corrected chi connectivity index (χ0v) is 12.2. The van der Waals surface area contributed by atoms with Gasteiger partial charge in [0.2, 0.25) is 10.0 Å². The molecule has 1 aromatic rings. The first kappa shape index (κ1) is 15.5. The number of carbonyl (C=O) groups excluding carboxylic acids is 1. The molecule has 0 amide bonds. The first-order valence-electron chi connectivity index (χ1n) is 5.66. The van der Waals surface area contributed by atoms with E-state index in [1.807, 2.05) is 0 Å². The van der Waals surface area contributed by atoms with Crippen LogP contribution in [0.4, 0.5) is 5.69 Å². The lowest BCUT2D eigenvalue weighted by Gasteiger charge is -2.16. The Morgan fingerprint density at radius 3 is 2.47 bits per heavy atom. The molecule has 7 heteroatoms. The third-order valence-electron chi connectivity index (χ3n) is 2.86. The molecule has 1 atom stereocenters. The van der Waals surface area contributed by atoms with Crippen molar-refractivity contribution in [3.8, 4) is 0 Å². The zero-order chi connectivity index (χ0) is 14.8. The standard InChI is InChI=1S/C12H18N2O4S/c1-7-5-6-10(13)11(8(7)2)19(16,17)14-9(3)12(15)18-4/h5-6,9,14H,13H2,1-4H3. The smallest absolute Gasteiger partial charge is 0.323 e. The van der Waals surface area contributed by atoms with E-state index >= 15 is 0 Å². The highest BCUT2D eigenvalue weighted by molar-refractivity contribution is 7.89. The van der Waals surface area contributed by atoms with E-state index in [-0.39, 0.29) is 10.6 Å². The second kappa shape index (κ2) is 5.58. The Labute approximate surface area is 113 Å². The molecule has 0 radical (unpaired) electrons. The van der Waals surface area contributed by atoms with Gasteiger partial charge >= 0.3 is 5.97 Å². The zero-order valence-electron chi connectivity index (χ0n) is 11.4. The maximum Gasteiger partial charge on any atom is 0.323 e. The fourth-order valence-corrected chi connectivity index (χ4v) is 3.31. The molecule has 1 rings (SSSR count). The van der Waals surface area contributed by atoms with Gasteiger partial charge in [-0.05, 0) is 38.0 Å². The molecule has 0 aliphatic rings. The number of hydrogen-bond acceptors (Lipinski definition) is 5. The quantitative estimate of drug-likeness (QED) is 0.628. The molecule has 106 valence electrons. The van der Waals surface area contributed by atoms with Gasteiger partial charge in [-0.2, -0.15) is 4.72 Å². The van der Waals surface area contributed by atoms with Crippen LogP contribution in [0.5, 0.6) is 0 Å². The number of sulfonamides is 1. The molecule has 0 saturated carbocycles. The van der Waals surface area contributed by atoms with E-state index in [0.29, 0.717) is 5.56 Å². The number of nitrogens with two attached hydrogens (primary N) is 1. The molecule has 0 saturated heterocycles. The topological polar surface area (TPSA) is 98.5 Å². The van der Waals surface area contributed by atoms with Gasteiger partial charge in [-0.25, -0.2) is 8.42 Å². The molecular formula is C12H18N2O4S. The molecule has 0 aliphatic carbocycles. The minimum Gasteiger partial charge on any atom is -0.468 e. The van der Waals surface area contributed by atoms with Crippen molar-refractivity contribution in [1.82, 2.24) is 4.72 Å². The maximum atomic E-state index is 12.3. The summed E-state index contributed by atoms with van der Waals surface area (Å²) in [5.74, 6) is -0.660. The number of carbonyl (C=O) groups is 1. The molecule has 0 aliphatic heterocycles. The summed E-state index contributed by atoms with van der Waals surface area (Å²) < 4.78 is 31.2. The molecule has 0 fully saturated rings. The third kappa shape index (κ3) is 3.24. The fourth-order valence-electron chi connectivity index (χ4n) is 1.68. The van der Waals surface area contributed by atoms with Gasteiger partial charge < -0.3 is 10.5 Å². The molecule has 0 heterocycles. The number of nitrogen functional groups attached to an aromatic ring is 1. The van der Waals surface area contributed by atoms with Crippen LogP contribution >= 0.6 is 0 Å². The lowest BCUT2D eigenvalue weighted by Crippen LogP contribution is -2.39. The molecule has 0 aromatic heterocycles. The van der Waals surface area contributed by atoms with E-state index in [1.54, 1.807) is 19.9 Å². The van der Waals surface area contributed by atoms with Gasteiger partial charge in [0.05, 0.1) is 12.8 Å². The first-order valence-corrected chi connectivity index (χ1v) is 7.15. The van der Waals surface area contributed by atoms with Crippen LogP contribution in [0.15, 0.2) is 17.0 Å². The minimum atomic E-state index is -3.87. The van der Waals surface area contributed by atoms with Crippen molar-refractivity contribution in [3.05, 3.63) is 23.3 Å². The van der Waals surface area contributed by atoms with Gasteiger partial charge in [0, 0.05) is 0 Å². The molecule has 0 spiro atoms. The highest BCUT2D eigenvalue weighted by Gasteiger charge is 2.26. The average Bonchev–Trinajstić information content (AvgIpc) is 2.32. The highest BCUT2D eigenvalue weighted by Crippen LogP contribution is 2.25. The number of nitrogens with one attached hydrogen (secondary N) is 1. The van der Waals surface area contributed by atoms with Gasteiger partial charge in [0.15, 0.2) is 0 Å². The van der Waals surface area contributed by atoms with E-state index in [2.05, 4.69) is 9.46 Å². The number of benzene rings is 1. The largest absolute Gasteiger partial charge is 0.468 e. The molecule has 0 bridgehead atoms. The molecule has 1 aromatic carbocycles. The van der Waals surface area contributed by atoms with Crippen molar-refractivity contribution >= 4 is 21.7 Å². The predicted octanol–water partition coefficient (Wildman–Crippen LogP) is 0.725. The van der Waals surface area contributed by atoms with Gasteiger partial charge in [0.25, 0.3) is 0 Å². The number of hydrogen-bond donors (Lipinski definition) is 2. The first-order chi connectivity index (χ1) is 8.70. The fraction of sp³-hybridized carbons (Fsp3) is 0.417. The normalized spacial score (nSPS) is 13.1. The Bertz CT molecular complexity index is 596. The Kier molecular flexibility index (Phi) is 4.54. The highest BCUT2D eigenvalue weighted by atomic mass is 32.2. The van der Waals surface area contributed by atoms with Crippen LogP contribution in [-0.4, -0.2) is 27.5 Å². The molecule has 3 N–H and O–H groups in total. The van der Waals surface area contributed by atoms with Gasteiger partial charge in [-0.15, -0.1) is 0 Å². The summed E-state index contributed by atoms with van der Waals surface area (Å²) >= 11 is 0. The summed E-state index contributed by atoms with van der Waals surface area (Å²) in [5.41, 5.74) is 7.24. The number of methoxy groups -OCH3 is 1. The van der Waals surface area contributed by atoms with Gasteiger partial charge in [-0.3, -0.25) is 4.79 Å². The predicted molar refractivity (Wildman–Crippen MR) is 72.1 cm³/mol. The molecule has 1 unspecified atom stereocenters. The van der Waals surface area contributed by atoms with Crippen LogP contribution < -0.4 is 10.5 Å². The van der Waals surface area contributed by atoms with Crippen molar-refractivity contribution in [3.63, 3.8) is 0 Å². The van der Waals surface area contributed by atoms with Crippen LogP contribution in [0.3, 0.4) is 0 Å². The summed E-state index contributed by atoms with van der Waals surface area (Å²) in [7, 11) is -2.68. The summed E-state index contributed by atoms with van der Waals surface area (Å²) in [4.78, 5) is 11.3. The van der Waals surface area contributed by atoms with E-state index in [4.69, 9.17) is 5.73 Å². The number of rotatable bonds is 4. The third-order valence-corrected chi connectivity index (χ3v) is 4.61. The molecule has 6 nitrogen and oxygen atoms in total. The van der Waals surface area contributed by atoms with Crippen molar-refractivity contribution in [2.45, 2.75) is 31.7 Å². The Hall–Kier alpha value is -1.60. The second-order valence-corrected chi connectivity index (χ2v) is 5.94. The van der Waals surface area contributed by atoms with Gasteiger partial charge in [-0.1, -0.05) is 6.07 Å². The average molecular weight is 286 g/mol. The molecular weight excluding hydrogens is 268 g/mol. The van der Waals surface area contributed by atoms with Crippen LogP contribution in [-0.2, 0) is 19.6 Å². The van der Waals surface area contributed by atoms with E-state index in [9.17, 15) is 13.2 Å². The van der Waals surface area contributed by atoms with Crippen LogP contribution in [0.2, 0.25) is 0 Å². The Morgan fingerprint density at radius 1 is 1.37 bits per heavy atom. The number of aryl methyl sites for hydroxylation is 1. The van der Waals surface area contributed by atoms with Crippen molar-refractivity contribution in [1.29, 1.82) is 0 Å². The summed E-state index contributed by atoms with van der Waals surface area (Å²) in [5, 5.41) is 0. The van der Waals surface area contributed by atoms with Crippen molar-refractivity contribution in [2.75, 3.05) is 12.8 Å². The Balaban J connectivity index is 3.22. The van der Waals surface area contributed by atoms with Crippen molar-refractivity contribution < 1.29 is 17.9 Å². The van der Waals surface area contributed by atoms with Crippen LogP contribution in [0, 0.1) is 13.8 Å². The number of ether oxygens (including phenoxy) is 1. The van der Waals surface area contributed by atoms with Crippen LogP contribution in [0.1, 0.15) is 18.1 Å². The summed E-state index contributed by atoms with van der Waals surface area (Å²) in [6.45, 7) is 4.87. The van der Waals surface area contributed by atoms with Crippen LogP contribution in [0.25, 0.3) is 0 Å². The second-order valence-electron chi connectivity index (χ2n) is 4.29. The summed E-state index contributed by atoms with van der Waals surface area (Å²) in [6, 6.07) is 2.29. The van der Waals surface area contributed by atoms with Crippen molar-refractivity contribution in [2.24, 2.45) is 0 Å². The van der Waals surface area contributed by atoms with Gasteiger partial charge in [0.1, 0.15) is 10.9 Å². The SMILES string of the molecule is COC(=O)C(C)NS(=O)(=O)c1c(N)ccc(C)c1C. The molecule has 19 heavy (non-hydrogen) atoms. The number of esters is 1.